The average Bonchev–Trinajstić information content (AvgIpc) is 3.13. The number of pyridine rings is 1. The highest BCUT2D eigenvalue weighted by molar-refractivity contribution is 9.11. The second-order valence-corrected chi connectivity index (χ2v) is 8.87. The van der Waals surface area contributed by atoms with Crippen LogP contribution in [0.1, 0.15) is 10.4 Å². The van der Waals surface area contributed by atoms with Crippen LogP contribution in [-0.4, -0.2) is 18.0 Å². The highest BCUT2D eigenvalue weighted by atomic mass is 79.9. The number of methoxy groups -OCH3 is 1. The van der Waals surface area contributed by atoms with E-state index in [9.17, 15) is 4.79 Å². The van der Waals surface area contributed by atoms with Crippen LogP contribution in [0, 0.1) is 0 Å². The van der Waals surface area contributed by atoms with Gasteiger partial charge in [-0.3, -0.25) is 4.79 Å². The molecule has 0 aliphatic heterocycles. The topological polar surface area (TPSA) is 51.2 Å². The average molecular weight is 474 g/mol. The van der Waals surface area contributed by atoms with Crippen molar-refractivity contribution in [3.63, 3.8) is 0 Å². The fourth-order valence-corrected chi connectivity index (χ4v) is 4.43. The van der Waals surface area contributed by atoms with Gasteiger partial charge in [0, 0.05) is 10.4 Å². The van der Waals surface area contributed by atoms with Crippen molar-refractivity contribution >= 4 is 61.4 Å². The van der Waals surface area contributed by atoms with Crippen molar-refractivity contribution in [1.29, 1.82) is 0 Å². The molecular formula is C21H14BrClN2O2S. The summed E-state index contributed by atoms with van der Waals surface area (Å²) in [5.41, 5.74) is 2.55. The summed E-state index contributed by atoms with van der Waals surface area (Å²) in [5.74, 6) is 0.287. The fourth-order valence-electron chi connectivity index (χ4n) is 2.91. The Morgan fingerprint density at radius 2 is 1.96 bits per heavy atom. The molecule has 4 nitrogen and oxygen atoms in total. The lowest BCUT2D eigenvalue weighted by atomic mass is 10.1. The highest BCUT2D eigenvalue weighted by Gasteiger charge is 2.16. The standard InChI is InChI=1S/C21H14BrClN2O2S/c1-27-18-7-6-12(23)10-16(18)25-21(26)14-11-17(19-8-9-20(22)28-19)24-15-5-3-2-4-13(14)15/h2-11H,1H3,(H,25,26). The molecule has 0 saturated heterocycles. The Morgan fingerprint density at radius 3 is 2.71 bits per heavy atom. The molecule has 0 fully saturated rings. The first-order valence-corrected chi connectivity index (χ1v) is 10.3. The van der Waals surface area contributed by atoms with Gasteiger partial charge in [-0.25, -0.2) is 4.98 Å². The molecule has 4 rings (SSSR count). The molecule has 0 atom stereocenters. The number of ether oxygens (including phenoxy) is 1. The summed E-state index contributed by atoms with van der Waals surface area (Å²) in [5, 5.41) is 4.20. The Kier molecular flexibility index (Phi) is 5.35. The number of nitrogens with one attached hydrogen (secondary N) is 1. The van der Waals surface area contributed by atoms with Gasteiger partial charge in [-0.1, -0.05) is 29.8 Å². The number of nitrogens with zero attached hydrogens (tertiary/aromatic N) is 1. The van der Waals surface area contributed by atoms with Crippen LogP contribution in [0.25, 0.3) is 21.5 Å². The molecular weight excluding hydrogens is 460 g/mol. The van der Waals surface area contributed by atoms with Gasteiger partial charge in [-0.2, -0.15) is 0 Å². The van der Waals surface area contributed by atoms with Crippen LogP contribution in [0.4, 0.5) is 5.69 Å². The first-order chi connectivity index (χ1) is 13.5. The summed E-state index contributed by atoms with van der Waals surface area (Å²) >= 11 is 11.1. The zero-order valence-electron chi connectivity index (χ0n) is 14.7. The zero-order chi connectivity index (χ0) is 19.7. The van der Waals surface area contributed by atoms with Gasteiger partial charge in [0.25, 0.3) is 5.91 Å². The predicted octanol–water partition coefficient (Wildman–Crippen LogP) is 6.64. The lowest BCUT2D eigenvalue weighted by Crippen LogP contribution is -2.13. The maximum absolute atomic E-state index is 13.2. The molecule has 0 spiro atoms. The molecule has 0 aliphatic rings. The molecule has 0 unspecified atom stereocenters. The molecule has 28 heavy (non-hydrogen) atoms. The Morgan fingerprint density at radius 1 is 1.14 bits per heavy atom. The number of para-hydroxylation sites is 1. The number of fused-ring (bicyclic) bond motifs is 1. The number of thiophene rings is 1. The van der Waals surface area contributed by atoms with Crippen molar-refractivity contribution in [2.75, 3.05) is 12.4 Å². The van der Waals surface area contributed by atoms with Crippen LogP contribution in [-0.2, 0) is 0 Å². The van der Waals surface area contributed by atoms with Gasteiger partial charge >= 0.3 is 0 Å². The quantitative estimate of drug-likeness (QED) is 0.361. The first kappa shape index (κ1) is 18.9. The molecule has 1 amide bonds. The van der Waals surface area contributed by atoms with Crippen molar-refractivity contribution < 1.29 is 9.53 Å². The fraction of sp³-hybridized carbons (Fsp3) is 0.0476. The lowest BCUT2D eigenvalue weighted by Gasteiger charge is -2.12. The maximum atomic E-state index is 13.2. The van der Waals surface area contributed by atoms with Crippen LogP contribution >= 0.6 is 38.9 Å². The summed E-state index contributed by atoms with van der Waals surface area (Å²) in [4.78, 5) is 18.9. The number of hydrogen-bond donors (Lipinski definition) is 1. The van der Waals surface area contributed by atoms with E-state index in [1.165, 1.54) is 0 Å². The van der Waals surface area contributed by atoms with Crippen LogP contribution in [0.2, 0.25) is 5.02 Å². The van der Waals surface area contributed by atoms with Crippen molar-refractivity contribution in [3.05, 3.63) is 75.0 Å². The molecule has 0 bridgehead atoms. The van der Waals surface area contributed by atoms with Gasteiger partial charge in [0.15, 0.2) is 0 Å². The van der Waals surface area contributed by atoms with E-state index in [0.29, 0.717) is 22.0 Å². The number of amides is 1. The van der Waals surface area contributed by atoms with Gasteiger partial charge in [0.05, 0.1) is 38.2 Å². The summed E-state index contributed by atoms with van der Waals surface area (Å²) in [7, 11) is 1.55. The van der Waals surface area contributed by atoms with Crippen molar-refractivity contribution in [3.8, 4) is 16.3 Å². The number of anilines is 1. The van der Waals surface area contributed by atoms with Crippen LogP contribution in [0.5, 0.6) is 5.75 Å². The third kappa shape index (κ3) is 3.76. The van der Waals surface area contributed by atoms with Gasteiger partial charge in [0.1, 0.15) is 5.75 Å². The minimum absolute atomic E-state index is 0.254. The van der Waals surface area contributed by atoms with E-state index in [0.717, 1.165) is 25.3 Å². The van der Waals surface area contributed by atoms with E-state index in [-0.39, 0.29) is 5.91 Å². The zero-order valence-corrected chi connectivity index (χ0v) is 17.9. The summed E-state index contributed by atoms with van der Waals surface area (Å²) in [6, 6.07) is 18.4. The van der Waals surface area contributed by atoms with Crippen LogP contribution in [0.15, 0.2) is 64.5 Å². The number of hydrogen-bond acceptors (Lipinski definition) is 4. The SMILES string of the molecule is COc1ccc(Cl)cc1NC(=O)c1cc(-c2ccc(Br)s2)nc2ccccc12. The maximum Gasteiger partial charge on any atom is 0.256 e. The minimum Gasteiger partial charge on any atom is -0.495 e. The summed E-state index contributed by atoms with van der Waals surface area (Å²) < 4.78 is 6.34. The number of carbonyl (C=O) groups excluding carboxylic acids is 1. The molecule has 1 N–H and O–H groups in total. The lowest BCUT2D eigenvalue weighted by molar-refractivity contribution is 0.102. The highest BCUT2D eigenvalue weighted by Crippen LogP contribution is 2.33. The number of benzene rings is 2. The van der Waals surface area contributed by atoms with E-state index >= 15 is 0 Å². The van der Waals surface area contributed by atoms with Crippen molar-refractivity contribution in [1.82, 2.24) is 4.98 Å². The van der Waals surface area contributed by atoms with E-state index in [4.69, 9.17) is 21.3 Å². The van der Waals surface area contributed by atoms with Gasteiger partial charge < -0.3 is 10.1 Å². The number of aromatic nitrogens is 1. The van der Waals surface area contributed by atoms with Gasteiger partial charge in [-0.05, 0) is 58.4 Å². The Hall–Kier alpha value is -2.41. The molecule has 7 heteroatoms. The van der Waals surface area contributed by atoms with E-state index in [2.05, 4.69) is 21.2 Å². The van der Waals surface area contributed by atoms with Crippen molar-refractivity contribution in [2.45, 2.75) is 0 Å². The van der Waals surface area contributed by atoms with E-state index in [1.54, 1.807) is 36.6 Å². The van der Waals surface area contributed by atoms with Gasteiger partial charge in [-0.15, -0.1) is 11.3 Å². The largest absolute Gasteiger partial charge is 0.495 e. The van der Waals surface area contributed by atoms with Gasteiger partial charge in [0.2, 0.25) is 0 Å². The smallest absolute Gasteiger partial charge is 0.256 e. The van der Waals surface area contributed by atoms with Crippen molar-refractivity contribution in [2.24, 2.45) is 0 Å². The Labute approximate surface area is 179 Å². The normalized spacial score (nSPS) is 10.8. The van der Waals surface area contributed by atoms with E-state index < -0.39 is 0 Å². The van der Waals surface area contributed by atoms with E-state index in [1.807, 2.05) is 42.5 Å². The van der Waals surface area contributed by atoms with Crippen LogP contribution < -0.4 is 10.1 Å². The molecule has 0 saturated carbocycles. The Balaban J connectivity index is 1.81. The molecule has 140 valence electrons. The summed E-state index contributed by atoms with van der Waals surface area (Å²) in [6.45, 7) is 0. The first-order valence-electron chi connectivity index (χ1n) is 8.35. The molecule has 2 aromatic carbocycles. The molecule has 4 aromatic rings. The molecule has 0 radical (unpaired) electrons. The molecule has 2 aromatic heterocycles. The number of halogens is 2. The predicted molar refractivity (Wildman–Crippen MR) is 119 cm³/mol. The summed E-state index contributed by atoms with van der Waals surface area (Å²) in [6.07, 6.45) is 0. The second-order valence-electron chi connectivity index (χ2n) is 5.97. The minimum atomic E-state index is -0.254. The van der Waals surface area contributed by atoms with Crippen LogP contribution in [0.3, 0.4) is 0 Å². The molecule has 2 heterocycles. The number of rotatable bonds is 4. The Bertz CT molecular complexity index is 1190. The third-order valence-electron chi connectivity index (χ3n) is 4.20. The third-order valence-corrected chi connectivity index (χ3v) is 6.08. The number of carbonyl (C=O) groups is 1. The molecule has 0 aliphatic carbocycles. The monoisotopic (exact) mass is 472 g/mol. The second kappa shape index (κ2) is 7.91.